The Labute approximate surface area is 202 Å². The van der Waals surface area contributed by atoms with Gasteiger partial charge in [-0.3, -0.25) is 19.9 Å². The number of carbonyl (C=O) groups is 1. The van der Waals surface area contributed by atoms with E-state index in [9.17, 15) is 14.9 Å². The number of fused-ring (bicyclic) bond motifs is 1. The number of halogens is 1. The number of thioether (sulfide) groups is 1. The molecule has 10 heteroatoms. The average Bonchev–Trinajstić information content (AvgIpc) is 3.21. The summed E-state index contributed by atoms with van der Waals surface area (Å²) in [6, 6.07) is 17.3. The van der Waals surface area contributed by atoms with Gasteiger partial charge in [-0.05, 0) is 48.4 Å². The molecule has 0 saturated carbocycles. The molecular weight excluding hydrogens is 480 g/mol. The molecule has 33 heavy (non-hydrogen) atoms. The van der Waals surface area contributed by atoms with Crippen LogP contribution in [0, 0.1) is 17.0 Å². The molecule has 1 aromatic heterocycles. The van der Waals surface area contributed by atoms with Crippen LogP contribution >= 0.6 is 34.7 Å². The van der Waals surface area contributed by atoms with Crippen LogP contribution in [0.2, 0.25) is 5.02 Å². The summed E-state index contributed by atoms with van der Waals surface area (Å²) in [5.74, 6) is 0.0932. The van der Waals surface area contributed by atoms with Gasteiger partial charge >= 0.3 is 0 Å². The Morgan fingerprint density at radius 3 is 2.91 bits per heavy atom. The van der Waals surface area contributed by atoms with Crippen molar-refractivity contribution in [2.24, 2.45) is 4.99 Å². The molecule has 1 heterocycles. The zero-order chi connectivity index (χ0) is 23.4. The van der Waals surface area contributed by atoms with Gasteiger partial charge in [0.15, 0.2) is 4.34 Å². The summed E-state index contributed by atoms with van der Waals surface area (Å²) in [5, 5.41) is 14.4. The molecule has 0 spiro atoms. The molecule has 7 nitrogen and oxygen atoms in total. The summed E-state index contributed by atoms with van der Waals surface area (Å²) in [6.45, 7) is 1.91. The number of aromatic nitrogens is 1. The summed E-state index contributed by atoms with van der Waals surface area (Å²) in [7, 11) is 0. The first kappa shape index (κ1) is 22.9. The van der Waals surface area contributed by atoms with Gasteiger partial charge < -0.3 is 5.32 Å². The summed E-state index contributed by atoms with van der Waals surface area (Å²) >= 11 is 8.85. The van der Waals surface area contributed by atoms with Gasteiger partial charge in [-0.1, -0.05) is 41.6 Å². The van der Waals surface area contributed by atoms with Crippen LogP contribution in [-0.2, 0) is 4.79 Å². The van der Waals surface area contributed by atoms with Gasteiger partial charge in [0.1, 0.15) is 0 Å². The van der Waals surface area contributed by atoms with Gasteiger partial charge in [0.25, 0.3) is 5.69 Å². The summed E-state index contributed by atoms with van der Waals surface area (Å²) in [4.78, 5) is 31.8. The minimum atomic E-state index is -0.434. The fraction of sp³-hybridized carbons (Fsp3) is 0.0870. The van der Waals surface area contributed by atoms with Gasteiger partial charge in [0.2, 0.25) is 5.91 Å². The van der Waals surface area contributed by atoms with Crippen molar-refractivity contribution in [2.45, 2.75) is 11.3 Å². The van der Waals surface area contributed by atoms with Crippen LogP contribution in [0.25, 0.3) is 10.2 Å². The number of nitrogens with one attached hydrogen (secondary N) is 1. The lowest BCUT2D eigenvalue weighted by Crippen LogP contribution is -2.14. The number of hydrogen-bond donors (Lipinski definition) is 1. The third-order valence-corrected chi connectivity index (χ3v) is 6.99. The highest BCUT2D eigenvalue weighted by atomic mass is 35.5. The number of benzene rings is 3. The number of nitrogens with zero attached hydrogens (tertiary/aromatic N) is 3. The normalized spacial score (nSPS) is 11.2. The molecule has 0 atom stereocenters. The zero-order valence-corrected chi connectivity index (χ0v) is 19.7. The van der Waals surface area contributed by atoms with Crippen LogP contribution in [0.3, 0.4) is 0 Å². The third-order valence-electron chi connectivity index (χ3n) is 4.60. The van der Waals surface area contributed by atoms with Gasteiger partial charge in [-0.15, -0.1) is 11.3 Å². The largest absolute Gasteiger partial charge is 0.325 e. The van der Waals surface area contributed by atoms with Crippen LogP contribution in [0.1, 0.15) is 11.1 Å². The van der Waals surface area contributed by atoms with Gasteiger partial charge in [-0.2, -0.15) is 0 Å². The van der Waals surface area contributed by atoms with E-state index in [2.05, 4.69) is 15.3 Å². The quantitative estimate of drug-likeness (QED) is 0.134. The highest BCUT2D eigenvalue weighted by Gasteiger charge is 2.10. The fourth-order valence-electron chi connectivity index (χ4n) is 2.94. The minimum Gasteiger partial charge on any atom is -0.325 e. The van der Waals surface area contributed by atoms with E-state index in [1.54, 1.807) is 30.5 Å². The Hall–Kier alpha value is -3.27. The number of thiazole rings is 1. The van der Waals surface area contributed by atoms with Gasteiger partial charge in [0.05, 0.1) is 26.6 Å². The molecule has 3 aromatic carbocycles. The lowest BCUT2D eigenvalue weighted by molar-refractivity contribution is -0.384. The predicted octanol–water partition coefficient (Wildman–Crippen LogP) is 6.65. The number of non-ortho nitro benzene ring substituents is 1. The first-order valence-electron chi connectivity index (χ1n) is 9.75. The van der Waals surface area contributed by atoms with Crippen molar-refractivity contribution in [3.8, 4) is 0 Å². The molecule has 0 saturated heterocycles. The Morgan fingerprint density at radius 1 is 1.24 bits per heavy atom. The van der Waals surface area contributed by atoms with Crippen LogP contribution in [0.15, 0.2) is 70.0 Å². The van der Waals surface area contributed by atoms with Crippen molar-refractivity contribution < 1.29 is 9.72 Å². The molecule has 1 N–H and O–H groups in total. The van der Waals surface area contributed by atoms with E-state index < -0.39 is 4.92 Å². The minimum absolute atomic E-state index is 0.0214. The van der Waals surface area contributed by atoms with Crippen LogP contribution in [-0.4, -0.2) is 27.8 Å². The van der Waals surface area contributed by atoms with Crippen LogP contribution in [0.4, 0.5) is 17.1 Å². The van der Waals surface area contributed by atoms with E-state index in [1.165, 1.54) is 35.2 Å². The maximum Gasteiger partial charge on any atom is 0.270 e. The second kappa shape index (κ2) is 10.1. The van der Waals surface area contributed by atoms with Crippen molar-refractivity contribution in [2.75, 3.05) is 11.1 Å². The second-order valence-electron chi connectivity index (χ2n) is 7.04. The van der Waals surface area contributed by atoms with E-state index >= 15 is 0 Å². The van der Waals surface area contributed by atoms with E-state index in [-0.39, 0.29) is 17.3 Å². The SMILES string of the molecule is Cc1ccc(Cl)cc1NC(=O)CSc1nc2ccc(N=Cc3cccc([N+](=O)[O-])c3)cc2s1. The summed E-state index contributed by atoms with van der Waals surface area (Å²) < 4.78 is 1.72. The zero-order valence-electron chi connectivity index (χ0n) is 17.3. The van der Waals surface area contributed by atoms with Crippen molar-refractivity contribution in [3.05, 3.63) is 86.9 Å². The van der Waals surface area contributed by atoms with E-state index in [0.717, 1.165) is 20.1 Å². The number of nitro benzene ring substituents is 1. The van der Waals surface area contributed by atoms with E-state index in [0.29, 0.717) is 22.0 Å². The number of hydrogen-bond acceptors (Lipinski definition) is 7. The lowest BCUT2D eigenvalue weighted by Gasteiger charge is -2.08. The first-order chi connectivity index (χ1) is 15.9. The number of anilines is 1. The first-order valence-corrected chi connectivity index (χ1v) is 11.9. The van der Waals surface area contributed by atoms with E-state index in [4.69, 9.17) is 11.6 Å². The second-order valence-corrected chi connectivity index (χ2v) is 9.73. The number of carbonyl (C=O) groups excluding carboxylic acids is 1. The molecule has 0 aliphatic heterocycles. The Morgan fingerprint density at radius 2 is 2.09 bits per heavy atom. The molecule has 0 aliphatic carbocycles. The average molecular weight is 497 g/mol. The topological polar surface area (TPSA) is 97.5 Å². The van der Waals surface area contributed by atoms with Crippen molar-refractivity contribution >= 4 is 74.1 Å². The monoisotopic (exact) mass is 496 g/mol. The number of amides is 1. The van der Waals surface area contributed by atoms with E-state index in [1.807, 2.05) is 31.2 Å². The molecule has 0 bridgehead atoms. The van der Waals surface area contributed by atoms with Gasteiger partial charge in [0, 0.05) is 29.1 Å². The van der Waals surface area contributed by atoms with Crippen LogP contribution < -0.4 is 5.32 Å². The smallest absolute Gasteiger partial charge is 0.270 e. The Kier molecular flexibility index (Phi) is 7.02. The van der Waals surface area contributed by atoms with Crippen LogP contribution in [0.5, 0.6) is 0 Å². The predicted molar refractivity (Wildman–Crippen MR) is 136 cm³/mol. The standard InChI is InChI=1S/C23H17ClN4O3S2/c1-14-5-6-16(24)10-20(14)26-22(29)13-32-23-27-19-8-7-17(11-21(19)33-23)25-12-15-3-2-4-18(9-15)28(30)31/h2-12H,13H2,1H3,(H,26,29). The summed E-state index contributed by atoms with van der Waals surface area (Å²) in [6.07, 6.45) is 1.59. The molecule has 0 fully saturated rings. The number of nitro groups is 1. The van der Waals surface area contributed by atoms with Gasteiger partial charge in [-0.25, -0.2) is 4.98 Å². The van der Waals surface area contributed by atoms with Crippen molar-refractivity contribution in [3.63, 3.8) is 0 Å². The maximum atomic E-state index is 12.3. The summed E-state index contributed by atoms with van der Waals surface area (Å²) in [5.41, 5.74) is 3.84. The Bertz CT molecular complexity index is 1390. The molecule has 4 aromatic rings. The molecule has 0 aliphatic rings. The maximum absolute atomic E-state index is 12.3. The number of aliphatic imine (C=N–C) groups is 1. The molecule has 4 rings (SSSR count). The fourth-order valence-corrected chi connectivity index (χ4v) is 5.02. The highest BCUT2D eigenvalue weighted by Crippen LogP contribution is 2.32. The van der Waals surface area contributed by atoms with Crippen molar-refractivity contribution in [1.82, 2.24) is 4.98 Å². The molecular formula is C23H17ClN4O3S2. The highest BCUT2D eigenvalue weighted by molar-refractivity contribution is 8.01. The molecule has 0 unspecified atom stereocenters. The third kappa shape index (κ3) is 5.95. The number of aryl methyl sites for hydroxylation is 1. The Balaban J connectivity index is 1.41. The van der Waals surface area contributed by atoms with Crippen molar-refractivity contribution in [1.29, 1.82) is 0 Å². The molecule has 0 radical (unpaired) electrons. The molecule has 1 amide bonds. The molecule has 166 valence electrons. The number of rotatable bonds is 7. The lowest BCUT2D eigenvalue weighted by atomic mass is 10.2.